The molecule has 0 bridgehead atoms. The molecule has 0 radical (unpaired) electrons. The Bertz CT molecular complexity index is 1140. The van der Waals surface area contributed by atoms with Crippen molar-refractivity contribution in [2.45, 2.75) is 13.1 Å². The number of aromatic nitrogens is 2. The van der Waals surface area contributed by atoms with Crippen LogP contribution in [0.15, 0.2) is 42.6 Å². The van der Waals surface area contributed by atoms with E-state index in [0.717, 1.165) is 18.3 Å². The Labute approximate surface area is 179 Å². The largest absolute Gasteiger partial charge is 0.467 e. The molecule has 0 saturated heterocycles. The maximum absolute atomic E-state index is 13.4. The molecule has 0 atom stereocenters. The van der Waals surface area contributed by atoms with Crippen LogP contribution in [-0.2, 0) is 6.18 Å². The number of nitrogens with one attached hydrogen (secondary N) is 2. The number of benzene rings is 2. The molecule has 1 aromatic heterocycles. The summed E-state index contributed by atoms with van der Waals surface area (Å²) in [6, 6.07) is 6.46. The number of nitrogens with zero attached hydrogens (tertiary/aromatic N) is 2. The van der Waals surface area contributed by atoms with Gasteiger partial charge in [0.15, 0.2) is 5.15 Å². The minimum Gasteiger partial charge on any atom is -0.467 e. The van der Waals surface area contributed by atoms with E-state index in [1.54, 1.807) is 6.92 Å². The molecule has 2 aromatic carbocycles. The van der Waals surface area contributed by atoms with Crippen molar-refractivity contribution < 1.29 is 27.1 Å². The van der Waals surface area contributed by atoms with Gasteiger partial charge in [-0.25, -0.2) is 9.37 Å². The summed E-state index contributed by atoms with van der Waals surface area (Å²) in [4.78, 5) is 20.4. The van der Waals surface area contributed by atoms with Gasteiger partial charge in [0.05, 0.1) is 35.8 Å². The molecular weight excluding hydrogens is 440 g/mol. The maximum Gasteiger partial charge on any atom is 0.416 e. The van der Waals surface area contributed by atoms with Crippen molar-refractivity contribution in [3.05, 3.63) is 70.3 Å². The number of rotatable bonds is 5. The van der Waals surface area contributed by atoms with E-state index in [1.165, 1.54) is 25.3 Å². The molecule has 0 saturated carbocycles. The molecule has 2 N–H and O–H groups in total. The standard InChI is InChI=1S/C20H15ClF4N4O2/c1-10-7-12(22)4-6-14(10)27-15-5-3-11(20(23,24)25)8-13(15)18(30)28-16-9-26-19(31-2)29-17(16)21/h3-9,27H,1-2H3,(H,28,30). The molecule has 3 aromatic rings. The number of carbonyl (C=O) groups excluding carboxylic acids is 1. The molecule has 0 aliphatic rings. The van der Waals surface area contributed by atoms with Crippen LogP contribution in [0.5, 0.6) is 6.01 Å². The van der Waals surface area contributed by atoms with Crippen molar-refractivity contribution in [2.75, 3.05) is 17.7 Å². The van der Waals surface area contributed by atoms with Crippen LogP contribution in [0.2, 0.25) is 5.15 Å². The summed E-state index contributed by atoms with van der Waals surface area (Å²) in [5, 5.41) is 5.10. The Hall–Kier alpha value is -3.40. The van der Waals surface area contributed by atoms with Crippen molar-refractivity contribution in [2.24, 2.45) is 0 Å². The quantitative estimate of drug-likeness (QED) is 0.387. The topological polar surface area (TPSA) is 76.1 Å². The fraction of sp³-hybridized carbons (Fsp3) is 0.150. The van der Waals surface area contributed by atoms with E-state index < -0.39 is 23.5 Å². The Kier molecular flexibility index (Phi) is 6.30. The van der Waals surface area contributed by atoms with Crippen LogP contribution >= 0.6 is 11.6 Å². The van der Waals surface area contributed by atoms with E-state index in [0.29, 0.717) is 17.3 Å². The number of carbonyl (C=O) groups is 1. The zero-order chi connectivity index (χ0) is 22.8. The zero-order valence-corrected chi connectivity index (χ0v) is 16.9. The normalized spacial score (nSPS) is 11.2. The van der Waals surface area contributed by atoms with Gasteiger partial charge in [-0.3, -0.25) is 4.79 Å². The summed E-state index contributed by atoms with van der Waals surface area (Å²) >= 11 is 5.97. The lowest BCUT2D eigenvalue weighted by molar-refractivity contribution is -0.137. The van der Waals surface area contributed by atoms with E-state index in [-0.39, 0.29) is 28.1 Å². The summed E-state index contributed by atoms with van der Waals surface area (Å²) < 4.78 is 57.9. The first-order chi connectivity index (χ1) is 14.6. The second kappa shape index (κ2) is 8.76. The number of halogens is 5. The van der Waals surface area contributed by atoms with Crippen LogP contribution in [-0.4, -0.2) is 23.0 Å². The highest BCUT2D eigenvalue weighted by atomic mass is 35.5. The van der Waals surface area contributed by atoms with Gasteiger partial charge in [0.25, 0.3) is 5.91 Å². The number of anilines is 3. The summed E-state index contributed by atoms with van der Waals surface area (Å²) in [5.74, 6) is -1.35. The second-order valence-electron chi connectivity index (χ2n) is 6.36. The molecule has 162 valence electrons. The van der Waals surface area contributed by atoms with Crippen LogP contribution in [0.1, 0.15) is 21.5 Å². The van der Waals surface area contributed by atoms with Crippen LogP contribution in [0.4, 0.5) is 34.6 Å². The van der Waals surface area contributed by atoms with E-state index in [1.807, 2.05) is 0 Å². The Morgan fingerprint density at radius 2 is 1.81 bits per heavy atom. The van der Waals surface area contributed by atoms with Gasteiger partial charge in [-0.2, -0.15) is 18.2 Å². The van der Waals surface area contributed by atoms with Gasteiger partial charge in [0.1, 0.15) is 5.82 Å². The number of aryl methyl sites for hydroxylation is 1. The first kappa shape index (κ1) is 22.3. The molecule has 6 nitrogen and oxygen atoms in total. The van der Waals surface area contributed by atoms with Crippen LogP contribution in [0.25, 0.3) is 0 Å². The zero-order valence-electron chi connectivity index (χ0n) is 16.1. The summed E-state index contributed by atoms with van der Waals surface area (Å²) in [6.45, 7) is 1.61. The third kappa shape index (κ3) is 5.21. The molecule has 0 unspecified atom stereocenters. The fourth-order valence-corrected chi connectivity index (χ4v) is 2.82. The SMILES string of the molecule is COc1ncc(NC(=O)c2cc(C(F)(F)F)ccc2Nc2ccc(F)cc2C)c(Cl)n1. The predicted octanol–water partition coefficient (Wildman–Crippen LogP) is 5.60. The number of hydrogen-bond acceptors (Lipinski definition) is 5. The predicted molar refractivity (Wildman–Crippen MR) is 107 cm³/mol. The highest BCUT2D eigenvalue weighted by Gasteiger charge is 2.32. The van der Waals surface area contributed by atoms with Crippen molar-refractivity contribution in [1.29, 1.82) is 0 Å². The van der Waals surface area contributed by atoms with Gasteiger partial charge < -0.3 is 15.4 Å². The molecule has 0 aliphatic heterocycles. The summed E-state index contributed by atoms with van der Waals surface area (Å²) in [6.07, 6.45) is -3.50. The van der Waals surface area contributed by atoms with Crippen LogP contribution in [0, 0.1) is 12.7 Å². The minimum atomic E-state index is -4.67. The van der Waals surface area contributed by atoms with Gasteiger partial charge in [0.2, 0.25) is 0 Å². The molecule has 1 heterocycles. The van der Waals surface area contributed by atoms with Gasteiger partial charge in [-0.15, -0.1) is 0 Å². The molecule has 31 heavy (non-hydrogen) atoms. The van der Waals surface area contributed by atoms with E-state index in [4.69, 9.17) is 16.3 Å². The Morgan fingerprint density at radius 1 is 1.10 bits per heavy atom. The van der Waals surface area contributed by atoms with Gasteiger partial charge in [-0.1, -0.05) is 11.6 Å². The van der Waals surface area contributed by atoms with Crippen molar-refractivity contribution in [1.82, 2.24) is 9.97 Å². The van der Waals surface area contributed by atoms with Crippen molar-refractivity contribution in [3.8, 4) is 6.01 Å². The van der Waals surface area contributed by atoms with Gasteiger partial charge in [0, 0.05) is 5.69 Å². The molecule has 3 rings (SSSR count). The lowest BCUT2D eigenvalue weighted by Crippen LogP contribution is -2.17. The number of alkyl halides is 3. The van der Waals surface area contributed by atoms with Gasteiger partial charge in [-0.05, 0) is 48.9 Å². The lowest BCUT2D eigenvalue weighted by Gasteiger charge is -2.16. The minimum absolute atomic E-state index is 0.0196. The highest BCUT2D eigenvalue weighted by molar-refractivity contribution is 6.32. The smallest absolute Gasteiger partial charge is 0.416 e. The van der Waals surface area contributed by atoms with Gasteiger partial charge >= 0.3 is 12.2 Å². The molecule has 0 aliphatic carbocycles. The molecule has 0 fully saturated rings. The first-order valence-electron chi connectivity index (χ1n) is 8.71. The average molecular weight is 455 g/mol. The van der Waals surface area contributed by atoms with E-state index in [9.17, 15) is 22.4 Å². The maximum atomic E-state index is 13.4. The number of methoxy groups -OCH3 is 1. The fourth-order valence-electron chi connectivity index (χ4n) is 2.65. The number of ether oxygens (including phenoxy) is 1. The van der Waals surface area contributed by atoms with Crippen molar-refractivity contribution >= 4 is 34.6 Å². The average Bonchev–Trinajstić information content (AvgIpc) is 2.70. The molecule has 11 heteroatoms. The third-order valence-corrected chi connectivity index (χ3v) is 4.49. The number of hydrogen-bond donors (Lipinski definition) is 2. The number of amides is 1. The Morgan fingerprint density at radius 3 is 2.42 bits per heavy atom. The lowest BCUT2D eigenvalue weighted by atomic mass is 10.1. The molecule has 1 amide bonds. The van der Waals surface area contributed by atoms with Crippen molar-refractivity contribution in [3.63, 3.8) is 0 Å². The summed E-state index contributed by atoms with van der Waals surface area (Å²) in [7, 11) is 1.32. The summed E-state index contributed by atoms with van der Waals surface area (Å²) in [5.41, 5.74) is -0.361. The highest BCUT2D eigenvalue weighted by Crippen LogP contribution is 2.34. The monoisotopic (exact) mass is 454 g/mol. The Balaban J connectivity index is 2.00. The first-order valence-corrected chi connectivity index (χ1v) is 9.08. The molecular formula is C20H15ClF4N4O2. The molecule has 0 spiro atoms. The third-order valence-electron chi connectivity index (χ3n) is 4.20. The van der Waals surface area contributed by atoms with E-state index in [2.05, 4.69) is 20.6 Å². The second-order valence-corrected chi connectivity index (χ2v) is 6.72. The van der Waals surface area contributed by atoms with Crippen LogP contribution in [0.3, 0.4) is 0 Å². The van der Waals surface area contributed by atoms with Crippen LogP contribution < -0.4 is 15.4 Å². The van der Waals surface area contributed by atoms with E-state index >= 15 is 0 Å².